The van der Waals surface area contributed by atoms with E-state index in [2.05, 4.69) is 43.1 Å². The monoisotopic (exact) mass is 244 g/mol. The summed E-state index contributed by atoms with van der Waals surface area (Å²) in [5.41, 5.74) is 0. The van der Waals surface area contributed by atoms with Crippen molar-refractivity contribution in [2.75, 3.05) is 11.9 Å². The van der Waals surface area contributed by atoms with Gasteiger partial charge in [-0.05, 0) is 22.4 Å². The Bertz CT molecular complexity index is 254. The van der Waals surface area contributed by atoms with Crippen LogP contribution in [0, 0.1) is 0 Å². The SMILES string of the molecule is CCCCCNc1ncnc(Br)n1. The van der Waals surface area contributed by atoms with Crippen molar-refractivity contribution in [3.63, 3.8) is 0 Å². The fourth-order valence-corrected chi connectivity index (χ4v) is 1.20. The molecular formula is C8H13BrN4. The van der Waals surface area contributed by atoms with E-state index in [1.54, 1.807) is 0 Å². The first kappa shape index (κ1) is 10.4. The number of halogens is 1. The zero-order valence-corrected chi connectivity index (χ0v) is 9.21. The molecule has 0 aromatic carbocycles. The van der Waals surface area contributed by atoms with Crippen molar-refractivity contribution in [3.8, 4) is 0 Å². The van der Waals surface area contributed by atoms with Crippen LogP contribution >= 0.6 is 15.9 Å². The average Bonchev–Trinajstić information content (AvgIpc) is 2.13. The maximum absolute atomic E-state index is 4.05. The van der Waals surface area contributed by atoms with E-state index in [1.807, 2.05) is 0 Å². The molecule has 72 valence electrons. The van der Waals surface area contributed by atoms with Crippen LogP contribution in [0.3, 0.4) is 0 Å². The molecule has 5 heteroatoms. The minimum Gasteiger partial charge on any atom is -0.354 e. The molecule has 0 aliphatic heterocycles. The van der Waals surface area contributed by atoms with Crippen LogP contribution in [-0.4, -0.2) is 21.5 Å². The molecule has 13 heavy (non-hydrogen) atoms. The van der Waals surface area contributed by atoms with Gasteiger partial charge in [-0.15, -0.1) is 0 Å². The number of anilines is 1. The van der Waals surface area contributed by atoms with Gasteiger partial charge in [0.15, 0.2) is 0 Å². The van der Waals surface area contributed by atoms with Crippen molar-refractivity contribution in [1.29, 1.82) is 0 Å². The van der Waals surface area contributed by atoms with Crippen molar-refractivity contribution in [2.45, 2.75) is 26.2 Å². The van der Waals surface area contributed by atoms with Crippen LogP contribution in [0.15, 0.2) is 11.1 Å². The number of nitrogens with zero attached hydrogens (tertiary/aromatic N) is 3. The second-order valence-corrected chi connectivity index (χ2v) is 3.42. The van der Waals surface area contributed by atoms with E-state index < -0.39 is 0 Å². The third-order valence-electron chi connectivity index (χ3n) is 1.61. The van der Waals surface area contributed by atoms with E-state index >= 15 is 0 Å². The van der Waals surface area contributed by atoms with Crippen LogP contribution in [0.1, 0.15) is 26.2 Å². The first-order valence-electron chi connectivity index (χ1n) is 4.41. The topological polar surface area (TPSA) is 50.7 Å². The van der Waals surface area contributed by atoms with Gasteiger partial charge in [-0.3, -0.25) is 0 Å². The lowest BCUT2D eigenvalue weighted by Crippen LogP contribution is -2.05. The molecule has 0 atom stereocenters. The third kappa shape index (κ3) is 4.17. The van der Waals surface area contributed by atoms with Crippen LogP contribution < -0.4 is 5.32 Å². The lowest BCUT2D eigenvalue weighted by atomic mass is 10.2. The Kier molecular flexibility index (Phi) is 4.67. The molecule has 0 saturated carbocycles. The smallest absolute Gasteiger partial charge is 0.226 e. The van der Waals surface area contributed by atoms with Gasteiger partial charge in [-0.1, -0.05) is 19.8 Å². The molecule has 1 N–H and O–H groups in total. The molecule has 1 rings (SSSR count). The number of unbranched alkanes of at least 4 members (excludes halogenated alkanes) is 2. The van der Waals surface area contributed by atoms with Gasteiger partial charge in [-0.25, -0.2) is 9.97 Å². The summed E-state index contributed by atoms with van der Waals surface area (Å²) in [6.45, 7) is 3.10. The highest BCUT2D eigenvalue weighted by atomic mass is 79.9. The Labute approximate surface area is 86.3 Å². The van der Waals surface area contributed by atoms with E-state index in [0.717, 1.165) is 13.0 Å². The second-order valence-electron chi connectivity index (χ2n) is 2.71. The number of hydrogen-bond donors (Lipinski definition) is 1. The Morgan fingerprint density at radius 1 is 1.38 bits per heavy atom. The average molecular weight is 245 g/mol. The summed E-state index contributed by atoms with van der Waals surface area (Å²) >= 11 is 3.18. The predicted molar refractivity (Wildman–Crippen MR) is 55.5 cm³/mol. The highest BCUT2D eigenvalue weighted by Gasteiger charge is 1.95. The first-order chi connectivity index (χ1) is 6.33. The molecule has 4 nitrogen and oxygen atoms in total. The normalized spacial score (nSPS) is 10.0. The Morgan fingerprint density at radius 2 is 2.23 bits per heavy atom. The Balaban J connectivity index is 2.28. The van der Waals surface area contributed by atoms with Crippen molar-refractivity contribution >= 4 is 21.9 Å². The highest BCUT2D eigenvalue weighted by molar-refractivity contribution is 9.10. The zero-order valence-electron chi connectivity index (χ0n) is 7.63. The molecule has 0 saturated heterocycles. The van der Waals surface area contributed by atoms with E-state index in [1.165, 1.54) is 19.2 Å². The largest absolute Gasteiger partial charge is 0.354 e. The van der Waals surface area contributed by atoms with Crippen molar-refractivity contribution in [3.05, 3.63) is 11.1 Å². The number of rotatable bonds is 5. The minimum atomic E-state index is 0.570. The lowest BCUT2D eigenvalue weighted by molar-refractivity contribution is 0.739. The van der Waals surface area contributed by atoms with E-state index in [9.17, 15) is 0 Å². The first-order valence-corrected chi connectivity index (χ1v) is 5.20. The van der Waals surface area contributed by atoms with Gasteiger partial charge in [-0.2, -0.15) is 4.98 Å². The quantitative estimate of drug-likeness (QED) is 0.808. The number of aromatic nitrogens is 3. The maximum Gasteiger partial charge on any atom is 0.226 e. The summed E-state index contributed by atoms with van der Waals surface area (Å²) in [6, 6.07) is 0. The number of hydrogen-bond acceptors (Lipinski definition) is 4. The summed E-state index contributed by atoms with van der Waals surface area (Å²) < 4.78 is 0.570. The Hall–Kier alpha value is -0.710. The summed E-state index contributed by atoms with van der Waals surface area (Å²) in [4.78, 5) is 11.9. The summed E-state index contributed by atoms with van der Waals surface area (Å²) in [5.74, 6) is 0.637. The van der Waals surface area contributed by atoms with Crippen LogP contribution in [-0.2, 0) is 0 Å². The van der Waals surface area contributed by atoms with Gasteiger partial charge in [0, 0.05) is 6.54 Å². The van der Waals surface area contributed by atoms with Crippen LogP contribution in [0.4, 0.5) is 5.95 Å². The van der Waals surface area contributed by atoms with Crippen molar-refractivity contribution in [2.24, 2.45) is 0 Å². The molecular weight excluding hydrogens is 232 g/mol. The van der Waals surface area contributed by atoms with E-state index in [-0.39, 0.29) is 0 Å². The maximum atomic E-state index is 4.05. The molecule has 0 unspecified atom stereocenters. The predicted octanol–water partition coefficient (Wildman–Crippen LogP) is 2.24. The minimum absolute atomic E-state index is 0.570. The lowest BCUT2D eigenvalue weighted by Gasteiger charge is -2.02. The molecule has 1 heterocycles. The van der Waals surface area contributed by atoms with E-state index in [4.69, 9.17) is 0 Å². The van der Waals surface area contributed by atoms with Crippen molar-refractivity contribution < 1.29 is 0 Å². The second kappa shape index (κ2) is 5.85. The summed E-state index contributed by atoms with van der Waals surface area (Å²) in [6.07, 6.45) is 5.10. The fraction of sp³-hybridized carbons (Fsp3) is 0.625. The van der Waals surface area contributed by atoms with Gasteiger partial charge in [0.25, 0.3) is 0 Å². The molecule has 0 bridgehead atoms. The molecule has 1 aromatic rings. The van der Waals surface area contributed by atoms with Gasteiger partial charge < -0.3 is 5.32 Å². The zero-order chi connectivity index (χ0) is 9.52. The van der Waals surface area contributed by atoms with Gasteiger partial charge >= 0.3 is 0 Å². The Morgan fingerprint density at radius 3 is 2.92 bits per heavy atom. The molecule has 0 spiro atoms. The van der Waals surface area contributed by atoms with Gasteiger partial charge in [0.05, 0.1) is 0 Å². The molecule has 0 aliphatic rings. The molecule has 1 aromatic heterocycles. The molecule has 0 amide bonds. The fourth-order valence-electron chi connectivity index (χ4n) is 0.937. The standard InChI is InChI=1S/C8H13BrN4/c1-2-3-4-5-10-8-12-6-11-7(9)13-8/h6H,2-5H2,1H3,(H,10,11,12,13). The molecule has 0 aliphatic carbocycles. The molecule has 0 fully saturated rings. The highest BCUT2D eigenvalue weighted by Crippen LogP contribution is 2.03. The van der Waals surface area contributed by atoms with Crippen LogP contribution in [0.25, 0.3) is 0 Å². The third-order valence-corrected chi connectivity index (χ3v) is 1.99. The summed E-state index contributed by atoms with van der Waals surface area (Å²) in [7, 11) is 0. The van der Waals surface area contributed by atoms with Gasteiger partial charge in [0.1, 0.15) is 6.33 Å². The molecule has 0 radical (unpaired) electrons. The number of nitrogens with one attached hydrogen (secondary N) is 1. The van der Waals surface area contributed by atoms with Crippen LogP contribution in [0.2, 0.25) is 0 Å². The van der Waals surface area contributed by atoms with E-state index in [0.29, 0.717) is 10.7 Å². The van der Waals surface area contributed by atoms with Crippen molar-refractivity contribution in [1.82, 2.24) is 15.0 Å². The van der Waals surface area contributed by atoms with Crippen LogP contribution in [0.5, 0.6) is 0 Å². The van der Waals surface area contributed by atoms with Gasteiger partial charge in [0.2, 0.25) is 10.7 Å². The summed E-state index contributed by atoms with van der Waals surface area (Å²) in [5, 5.41) is 3.13.